The lowest BCUT2D eigenvalue weighted by atomic mass is 10.1. The van der Waals surface area contributed by atoms with Gasteiger partial charge in [-0.15, -0.1) is 24.0 Å². The first-order chi connectivity index (χ1) is 13.3. The molecular formula is C19H29F3IN3O3. The number of halogens is 4. The minimum absolute atomic E-state index is 0. The largest absolute Gasteiger partial charge is 0.493 e. The van der Waals surface area contributed by atoms with E-state index < -0.39 is 12.8 Å². The molecule has 1 aliphatic rings. The number of rotatable bonds is 8. The molecule has 1 atom stereocenters. The number of ether oxygens (including phenoxy) is 3. The van der Waals surface area contributed by atoms with E-state index in [0.717, 1.165) is 44.2 Å². The SMILES string of the molecule is CCNC(=NCc1ccc(OCC(F)(F)F)c(OC)c1)N(C)CC1CCOC1.I. The van der Waals surface area contributed by atoms with Crippen molar-refractivity contribution in [3.63, 3.8) is 0 Å². The van der Waals surface area contributed by atoms with Gasteiger partial charge in [0, 0.05) is 32.7 Å². The quantitative estimate of drug-likeness (QED) is 0.315. The summed E-state index contributed by atoms with van der Waals surface area (Å²) >= 11 is 0. The molecule has 1 saturated heterocycles. The molecule has 1 N–H and O–H groups in total. The summed E-state index contributed by atoms with van der Waals surface area (Å²) in [5.41, 5.74) is 0.809. The Balaban J connectivity index is 0.00000420. The number of nitrogens with zero attached hydrogens (tertiary/aromatic N) is 2. The maximum absolute atomic E-state index is 12.4. The molecule has 10 heteroatoms. The van der Waals surface area contributed by atoms with Gasteiger partial charge in [0.05, 0.1) is 20.3 Å². The highest BCUT2D eigenvalue weighted by Gasteiger charge is 2.29. The smallest absolute Gasteiger partial charge is 0.422 e. The molecular weight excluding hydrogens is 502 g/mol. The van der Waals surface area contributed by atoms with E-state index in [0.29, 0.717) is 12.5 Å². The zero-order valence-corrected chi connectivity index (χ0v) is 19.3. The Kier molecular flexibility index (Phi) is 10.9. The van der Waals surface area contributed by atoms with Crippen LogP contribution in [0, 0.1) is 5.92 Å². The van der Waals surface area contributed by atoms with Crippen LogP contribution in [-0.2, 0) is 11.3 Å². The summed E-state index contributed by atoms with van der Waals surface area (Å²) in [5, 5.41) is 3.26. The summed E-state index contributed by atoms with van der Waals surface area (Å²) in [7, 11) is 3.37. The number of hydrogen-bond donors (Lipinski definition) is 1. The van der Waals surface area contributed by atoms with Gasteiger partial charge in [0.2, 0.25) is 0 Å². The molecule has 166 valence electrons. The average molecular weight is 531 g/mol. The number of hydrogen-bond acceptors (Lipinski definition) is 4. The zero-order valence-electron chi connectivity index (χ0n) is 16.9. The van der Waals surface area contributed by atoms with Crippen LogP contribution < -0.4 is 14.8 Å². The number of guanidine groups is 1. The van der Waals surface area contributed by atoms with Crippen LogP contribution in [-0.4, -0.2) is 64.1 Å². The Morgan fingerprint density at radius 3 is 2.69 bits per heavy atom. The van der Waals surface area contributed by atoms with Gasteiger partial charge in [-0.2, -0.15) is 13.2 Å². The molecule has 0 aromatic heterocycles. The molecule has 2 rings (SSSR count). The van der Waals surface area contributed by atoms with Crippen LogP contribution >= 0.6 is 24.0 Å². The second-order valence-corrected chi connectivity index (χ2v) is 6.67. The average Bonchev–Trinajstić information content (AvgIpc) is 3.15. The predicted molar refractivity (Wildman–Crippen MR) is 116 cm³/mol. The highest BCUT2D eigenvalue weighted by molar-refractivity contribution is 14.0. The second-order valence-electron chi connectivity index (χ2n) is 6.67. The van der Waals surface area contributed by atoms with Crippen molar-refractivity contribution in [1.29, 1.82) is 0 Å². The molecule has 1 fully saturated rings. The lowest BCUT2D eigenvalue weighted by molar-refractivity contribution is -0.153. The number of nitrogens with one attached hydrogen (secondary N) is 1. The molecule has 0 radical (unpaired) electrons. The van der Waals surface area contributed by atoms with Crippen LogP contribution in [0.3, 0.4) is 0 Å². The summed E-state index contributed by atoms with van der Waals surface area (Å²) in [6.07, 6.45) is -3.36. The van der Waals surface area contributed by atoms with Crippen molar-refractivity contribution in [3.8, 4) is 11.5 Å². The van der Waals surface area contributed by atoms with E-state index in [1.807, 2.05) is 14.0 Å². The molecule has 1 aliphatic heterocycles. The van der Waals surface area contributed by atoms with Crippen LogP contribution in [0.5, 0.6) is 11.5 Å². The maximum atomic E-state index is 12.4. The molecule has 0 amide bonds. The van der Waals surface area contributed by atoms with E-state index >= 15 is 0 Å². The van der Waals surface area contributed by atoms with Gasteiger partial charge in [0.15, 0.2) is 24.1 Å². The van der Waals surface area contributed by atoms with Crippen molar-refractivity contribution in [2.24, 2.45) is 10.9 Å². The van der Waals surface area contributed by atoms with E-state index in [-0.39, 0.29) is 35.5 Å². The van der Waals surface area contributed by atoms with Crippen LogP contribution in [0.4, 0.5) is 13.2 Å². The second kappa shape index (κ2) is 12.3. The maximum Gasteiger partial charge on any atom is 0.422 e. The molecule has 29 heavy (non-hydrogen) atoms. The molecule has 0 aliphatic carbocycles. The molecule has 1 unspecified atom stereocenters. The van der Waals surface area contributed by atoms with Crippen molar-refractivity contribution < 1.29 is 27.4 Å². The van der Waals surface area contributed by atoms with Gasteiger partial charge in [-0.3, -0.25) is 0 Å². The molecule has 1 heterocycles. The molecule has 6 nitrogen and oxygen atoms in total. The molecule has 0 bridgehead atoms. The minimum atomic E-state index is -4.40. The molecule has 1 aromatic rings. The van der Waals surface area contributed by atoms with Gasteiger partial charge in [0.1, 0.15) is 0 Å². The fourth-order valence-electron chi connectivity index (χ4n) is 2.93. The standard InChI is InChI=1S/C19H28F3N3O3.HI/c1-4-23-18(25(2)11-15-7-8-27-12-15)24-10-14-5-6-16(17(9-14)26-3)28-13-19(20,21)22;/h5-6,9,15H,4,7-8,10-13H2,1-3H3,(H,23,24);1H. The monoisotopic (exact) mass is 531 g/mol. The van der Waals surface area contributed by atoms with Gasteiger partial charge < -0.3 is 24.4 Å². The first-order valence-electron chi connectivity index (χ1n) is 9.26. The molecule has 0 saturated carbocycles. The predicted octanol–water partition coefficient (Wildman–Crippen LogP) is 3.69. The fourth-order valence-corrected chi connectivity index (χ4v) is 2.93. The Bertz CT molecular complexity index is 653. The summed E-state index contributed by atoms with van der Waals surface area (Å²) in [6.45, 7) is 4.15. The lowest BCUT2D eigenvalue weighted by Crippen LogP contribution is -2.41. The van der Waals surface area contributed by atoms with Gasteiger partial charge in [-0.25, -0.2) is 4.99 Å². The summed E-state index contributed by atoms with van der Waals surface area (Å²) in [5.74, 6) is 1.56. The highest BCUT2D eigenvalue weighted by atomic mass is 127. The fraction of sp³-hybridized carbons (Fsp3) is 0.632. The van der Waals surface area contributed by atoms with Crippen molar-refractivity contribution in [2.45, 2.75) is 26.1 Å². The van der Waals surface area contributed by atoms with Crippen molar-refractivity contribution >= 4 is 29.9 Å². The number of methoxy groups -OCH3 is 1. The highest BCUT2D eigenvalue weighted by Crippen LogP contribution is 2.30. The Hall–Kier alpha value is -1.43. The third-order valence-electron chi connectivity index (χ3n) is 4.28. The topological polar surface area (TPSA) is 55.3 Å². The number of benzene rings is 1. The summed E-state index contributed by atoms with van der Waals surface area (Å²) < 4.78 is 52.5. The van der Waals surface area contributed by atoms with Crippen molar-refractivity contribution in [1.82, 2.24) is 10.2 Å². The summed E-state index contributed by atoms with van der Waals surface area (Å²) in [4.78, 5) is 6.70. The molecule has 0 spiro atoms. The van der Waals surface area contributed by atoms with E-state index in [9.17, 15) is 13.2 Å². The van der Waals surface area contributed by atoms with Gasteiger partial charge >= 0.3 is 6.18 Å². The Morgan fingerprint density at radius 1 is 1.34 bits per heavy atom. The van der Waals surface area contributed by atoms with E-state index in [4.69, 9.17) is 14.2 Å². The van der Waals surface area contributed by atoms with Crippen LogP contribution in [0.15, 0.2) is 23.2 Å². The minimum Gasteiger partial charge on any atom is -0.493 e. The van der Waals surface area contributed by atoms with Crippen LogP contribution in [0.1, 0.15) is 18.9 Å². The third-order valence-corrected chi connectivity index (χ3v) is 4.28. The molecule has 1 aromatic carbocycles. The van der Waals surface area contributed by atoms with E-state index in [2.05, 4.69) is 15.2 Å². The third kappa shape index (κ3) is 8.85. The Labute approximate surface area is 186 Å². The zero-order chi connectivity index (χ0) is 20.6. The normalized spacial score (nSPS) is 16.9. The van der Waals surface area contributed by atoms with Gasteiger partial charge in [-0.1, -0.05) is 6.07 Å². The van der Waals surface area contributed by atoms with Crippen molar-refractivity contribution in [2.75, 3.05) is 47.1 Å². The van der Waals surface area contributed by atoms with E-state index in [1.54, 1.807) is 12.1 Å². The Morgan fingerprint density at radius 2 is 2.10 bits per heavy atom. The van der Waals surface area contributed by atoms with Crippen LogP contribution in [0.2, 0.25) is 0 Å². The number of aliphatic imine (C=N–C) groups is 1. The van der Waals surface area contributed by atoms with Crippen LogP contribution in [0.25, 0.3) is 0 Å². The first kappa shape index (κ1) is 25.6. The van der Waals surface area contributed by atoms with Crippen molar-refractivity contribution in [3.05, 3.63) is 23.8 Å². The first-order valence-corrected chi connectivity index (χ1v) is 9.26. The van der Waals surface area contributed by atoms with E-state index in [1.165, 1.54) is 13.2 Å². The number of alkyl halides is 3. The van der Waals surface area contributed by atoms with Gasteiger partial charge in [-0.05, 0) is 31.0 Å². The van der Waals surface area contributed by atoms with Gasteiger partial charge in [0.25, 0.3) is 0 Å². The lowest BCUT2D eigenvalue weighted by Gasteiger charge is -2.24. The summed E-state index contributed by atoms with van der Waals surface area (Å²) in [6, 6.07) is 4.80.